The molecule has 0 aromatic rings. The van der Waals surface area contributed by atoms with Gasteiger partial charge in [0.25, 0.3) is 0 Å². The third-order valence-corrected chi connectivity index (χ3v) is 2.06. The molecule has 1 atom stereocenters. The van der Waals surface area contributed by atoms with E-state index in [0.29, 0.717) is 5.57 Å². The highest BCUT2D eigenvalue weighted by molar-refractivity contribution is 9.09. The molecule has 1 rings (SSSR count). The van der Waals surface area contributed by atoms with Crippen LogP contribution >= 0.6 is 15.9 Å². The summed E-state index contributed by atoms with van der Waals surface area (Å²) < 4.78 is 0. The minimum Gasteiger partial charge on any atom is -0.478 e. The van der Waals surface area contributed by atoms with Crippen LogP contribution in [0.3, 0.4) is 0 Å². The van der Waals surface area contributed by atoms with Crippen molar-refractivity contribution in [1.29, 1.82) is 0 Å². The Morgan fingerprint density at radius 2 is 2.17 bits per heavy atom. The van der Waals surface area contributed by atoms with Gasteiger partial charge in [0.1, 0.15) is 0 Å². The van der Waals surface area contributed by atoms with E-state index in [1.807, 2.05) is 13.0 Å². The summed E-state index contributed by atoms with van der Waals surface area (Å²) in [6, 6.07) is 0. The van der Waals surface area contributed by atoms with E-state index in [2.05, 4.69) is 15.9 Å². The zero-order chi connectivity index (χ0) is 9.14. The number of alkyl halides is 1. The standard InChI is InChI=1S/C9H9BrO2/c1-6-2-3-7(9(11)12)5-8(10)4-6/h2-5,8H,1H3,(H,11,12). The van der Waals surface area contributed by atoms with Gasteiger partial charge in [-0.25, -0.2) is 4.79 Å². The second kappa shape index (κ2) is 3.72. The zero-order valence-electron chi connectivity index (χ0n) is 6.62. The van der Waals surface area contributed by atoms with Crippen LogP contribution in [0.4, 0.5) is 0 Å². The quantitative estimate of drug-likeness (QED) is 0.700. The number of carbonyl (C=O) groups is 1. The Morgan fingerprint density at radius 1 is 1.50 bits per heavy atom. The fraction of sp³-hybridized carbons (Fsp3) is 0.222. The molecule has 12 heavy (non-hydrogen) atoms. The summed E-state index contributed by atoms with van der Waals surface area (Å²) in [5.41, 5.74) is 1.38. The lowest BCUT2D eigenvalue weighted by molar-refractivity contribution is -0.132. The summed E-state index contributed by atoms with van der Waals surface area (Å²) in [5.74, 6) is -0.890. The van der Waals surface area contributed by atoms with Gasteiger partial charge in [0.15, 0.2) is 0 Å². The van der Waals surface area contributed by atoms with Gasteiger partial charge in [0.05, 0.1) is 10.4 Å². The van der Waals surface area contributed by atoms with Gasteiger partial charge >= 0.3 is 5.97 Å². The first kappa shape index (κ1) is 9.26. The summed E-state index contributed by atoms with van der Waals surface area (Å²) in [6.45, 7) is 1.93. The predicted octanol–water partition coefficient (Wildman–Crippen LogP) is 2.28. The largest absolute Gasteiger partial charge is 0.478 e. The number of aliphatic carboxylic acids is 1. The number of hydrogen-bond donors (Lipinski definition) is 1. The van der Waals surface area contributed by atoms with Gasteiger partial charge in [0, 0.05) is 0 Å². The van der Waals surface area contributed by atoms with E-state index >= 15 is 0 Å². The molecular weight excluding hydrogens is 220 g/mol. The molecule has 0 heterocycles. The number of carboxylic acids is 1. The SMILES string of the molecule is CC1=CC(Br)C=C(C(=O)O)C=C1. The molecule has 0 radical (unpaired) electrons. The van der Waals surface area contributed by atoms with Gasteiger partial charge in [-0.05, 0) is 13.0 Å². The minimum atomic E-state index is -0.890. The van der Waals surface area contributed by atoms with Crippen LogP contribution in [0.5, 0.6) is 0 Å². The Morgan fingerprint density at radius 3 is 2.75 bits per heavy atom. The first-order valence-electron chi connectivity index (χ1n) is 3.55. The average molecular weight is 229 g/mol. The van der Waals surface area contributed by atoms with Gasteiger partial charge in [0.2, 0.25) is 0 Å². The van der Waals surface area contributed by atoms with Gasteiger partial charge in [-0.15, -0.1) is 0 Å². The molecule has 0 spiro atoms. The molecule has 1 aliphatic rings. The Hall–Kier alpha value is -0.830. The summed E-state index contributed by atoms with van der Waals surface area (Å²) in [7, 11) is 0. The fourth-order valence-electron chi connectivity index (χ4n) is 0.946. The predicted molar refractivity (Wildman–Crippen MR) is 51.3 cm³/mol. The topological polar surface area (TPSA) is 37.3 Å². The lowest BCUT2D eigenvalue weighted by atomic mass is 10.2. The minimum absolute atomic E-state index is 0.0126. The van der Waals surface area contributed by atoms with E-state index in [1.54, 1.807) is 18.2 Å². The molecule has 0 aromatic carbocycles. The maximum absolute atomic E-state index is 10.6. The van der Waals surface area contributed by atoms with Gasteiger partial charge < -0.3 is 5.11 Å². The van der Waals surface area contributed by atoms with E-state index in [1.165, 1.54) is 0 Å². The van der Waals surface area contributed by atoms with Crippen LogP contribution < -0.4 is 0 Å². The molecule has 64 valence electrons. The van der Waals surface area contributed by atoms with Crippen molar-refractivity contribution in [3.63, 3.8) is 0 Å². The second-order valence-electron chi connectivity index (χ2n) is 2.62. The normalized spacial score (nSPS) is 22.7. The summed E-state index contributed by atoms with van der Waals surface area (Å²) >= 11 is 3.33. The van der Waals surface area contributed by atoms with Crippen molar-refractivity contribution in [2.24, 2.45) is 0 Å². The first-order chi connectivity index (χ1) is 5.59. The van der Waals surface area contributed by atoms with Gasteiger partial charge in [-0.3, -0.25) is 0 Å². The van der Waals surface area contributed by atoms with Crippen molar-refractivity contribution in [1.82, 2.24) is 0 Å². The number of hydrogen-bond acceptors (Lipinski definition) is 1. The summed E-state index contributed by atoms with van der Waals surface area (Å²) in [6.07, 6.45) is 7.01. The molecular formula is C9H9BrO2. The van der Waals surface area contributed by atoms with E-state index in [0.717, 1.165) is 5.57 Å². The maximum atomic E-state index is 10.6. The number of rotatable bonds is 1. The smallest absolute Gasteiger partial charge is 0.335 e. The van der Waals surface area contributed by atoms with Crippen molar-refractivity contribution >= 4 is 21.9 Å². The van der Waals surface area contributed by atoms with Crippen LogP contribution in [0.25, 0.3) is 0 Å². The second-order valence-corrected chi connectivity index (χ2v) is 3.67. The summed E-state index contributed by atoms with van der Waals surface area (Å²) in [5, 5.41) is 8.70. The van der Waals surface area contributed by atoms with Gasteiger partial charge in [-0.2, -0.15) is 0 Å². The number of carboxylic acid groups (broad SMARTS) is 1. The van der Waals surface area contributed by atoms with E-state index < -0.39 is 5.97 Å². The molecule has 0 aliphatic heterocycles. The lowest BCUT2D eigenvalue weighted by Gasteiger charge is -1.96. The Kier molecular flexibility index (Phi) is 2.87. The van der Waals surface area contributed by atoms with Crippen LogP contribution in [0.1, 0.15) is 6.92 Å². The maximum Gasteiger partial charge on any atom is 0.335 e. The van der Waals surface area contributed by atoms with E-state index in [-0.39, 0.29) is 4.83 Å². The Balaban J connectivity index is 2.95. The van der Waals surface area contributed by atoms with Crippen LogP contribution in [0.15, 0.2) is 35.5 Å². The van der Waals surface area contributed by atoms with Crippen LogP contribution in [-0.2, 0) is 4.79 Å². The monoisotopic (exact) mass is 228 g/mol. The first-order valence-corrected chi connectivity index (χ1v) is 4.47. The molecule has 0 saturated carbocycles. The molecule has 0 saturated heterocycles. The van der Waals surface area contributed by atoms with E-state index in [4.69, 9.17) is 5.11 Å². The highest BCUT2D eigenvalue weighted by Gasteiger charge is 2.08. The molecule has 0 fully saturated rings. The van der Waals surface area contributed by atoms with Crippen LogP contribution in [0, 0.1) is 0 Å². The van der Waals surface area contributed by atoms with Crippen molar-refractivity contribution in [2.75, 3.05) is 0 Å². The van der Waals surface area contributed by atoms with Crippen LogP contribution in [-0.4, -0.2) is 15.9 Å². The highest BCUT2D eigenvalue weighted by atomic mass is 79.9. The molecule has 0 bridgehead atoms. The third kappa shape index (κ3) is 2.34. The van der Waals surface area contributed by atoms with E-state index in [9.17, 15) is 4.79 Å². The molecule has 3 heteroatoms. The zero-order valence-corrected chi connectivity index (χ0v) is 8.21. The number of halogens is 1. The lowest BCUT2D eigenvalue weighted by Crippen LogP contribution is -1.99. The van der Waals surface area contributed by atoms with Crippen LogP contribution in [0.2, 0.25) is 0 Å². The van der Waals surface area contributed by atoms with Crippen molar-refractivity contribution < 1.29 is 9.90 Å². The molecule has 1 N–H and O–H groups in total. The van der Waals surface area contributed by atoms with Gasteiger partial charge in [-0.1, -0.05) is 39.7 Å². The average Bonchev–Trinajstić information content (AvgIpc) is 2.11. The Bertz CT molecular complexity index is 287. The van der Waals surface area contributed by atoms with Crippen molar-refractivity contribution in [3.05, 3.63) is 35.5 Å². The Labute approximate surface area is 79.4 Å². The highest BCUT2D eigenvalue weighted by Crippen LogP contribution is 2.15. The van der Waals surface area contributed by atoms with Crippen molar-refractivity contribution in [2.45, 2.75) is 11.8 Å². The summed E-state index contributed by atoms with van der Waals surface area (Å²) in [4.78, 5) is 10.6. The third-order valence-electron chi connectivity index (χ3n) is 1.53. The fourth-order valence-corrected chi connectivity index (χ4v) is 1.65. The molecule has 1 unspecified atom stereocenters. The molecule has 0 amide bonds. The molecule has 1 aliphatic carbocycles. The molecule has 2 nitrogen and oxygen atoms in total. The number of allylic oxidation sites excluding steroid dienone is 4. The molecule has 0 aromatic heterocycles. The van der Waals surface area contributed by atoms with Crippen molar-refractivity contribution in [3.8, 4) is 0 Å².